The van der Waals surface area contributed by atoms with Gasteiger partial charge in [0.15, 0.2) is 0 Å². The van der Waals surface area contributed by atoms with Crippen molar-refractivity contribution in [3.63, 3.8) is 0 Å². The summed E-state index contributed by atoms with van der Waals surface area (Å²) in [5.74, 6) is 0.829. The van der Waals surface area contributed by atoms with Gasteiger partial charge in [-0.1, -0.05) is 47.0 Å². The van der Waals surface area contributed by atoms with Crippen LogP contribution in [0.3, 0.4) is 0 Å². The summed E-state index contributed by atoms with van der Waals surface area (Å²) >= 11 is 0. The number of ether oxygens (including phenoxy) is 1. The Morgan fingerprint density at radius 1 is 1.20 bits per heavy atom. The third kappa shape index (κ3) is 5.13. The zero-order valence-electron chi connectivity index (χ0n) is 16.6. The van der Waals surface area contributed by atoms with E-state index >= 15 is 0 Å². The lowest BCUT2D eigenvalue weighted by Gasteiger charge is -2.22. The Kier molecular flexibility index (Phi) is 6.74. The Morgan fingerprint density at radius 2 is 1.96 bits per heavy atom. The molecule has 140 valence electrons. The van der Waals surface area contributed by atoms with Crippen LogP contribution in [0.2, 0.25) is 0 Å². The van der Waals surface area contributed by atoms with Crippen molar-refractivity contribution in [3.05, 3.63) is 17.7 Å². The molecule has 0 unspecified atom stereocenters. The monoisotopic (exact) mass is 346 g/mol. The highest BCUT2D eigenvalue weighted by Crippen LogP contribution is 2.38. The van der Waals surface area contributed by atoms with Gasteiger partial charge in [-0.15, -0.1) is 0 Å². The molecule has 2 rings (SSSR count). The van der Waals surface area contributed by atoms with E-state index in [1.807, 2.05) is 20.8 Å². The van der Waals surface area contributed by atoms with E-state index in [9.17, 15) is 4.79 Å². The SMILES string of the molecule is CCCCCCOc1cc2c(cc1NC(=O)C(C)(C)C)N(CC)CC2. The van der Waals surface area contributed by atoms with E-state index in [1.54, 1.807) is 0 Å². The molecule has 0 saturated carbocycles. The summed E-state index contributed by atoms with van der Waals surface area (Å²) in [5.41, 5.74) is 2.92. The molecular weight excluding hydrogens is 312 g/mol. The number of hydrogen-bond donors (Lipinski definition) is 1. The molecule has 1 aromatic rings. The molecule has 0 atom stereocenters. The van der Waals surface area contributed by atoms with Gasteiger partial charge in [-0.05, 0) is 37.5 Å². The van der Waals surface area contributed by atoms with E-state index in [1.165, 1.54) is 30.5 Å². The van der Waals surface area contributed by atoms with E-state index in [-0.39, 0.29) is 5.91 Å². The average Bonchev–Trinajstić information content (AvgIpc) is 2.95. The molecular formula is C21H34N2O2. The van der Waals surface area contributed by atoms with Gasteiger partial charge in [-0.3, -0.25) is 4.79 Å². The minimum atomic E-state index is -0.429. The van der Waals surface area contributed by atoms with Crippen molar-refractivity contribution in [1.82, 2.24) is 0 Å². The molecule has 1 aromatic carbocycles. The van der Waals surface area contributed by atoms with Crippen molar-refractivity contribution in [2.24, 2.45) is 5.41 Å². The van der Waals surface area contributed by atoms with Crippen molar-refractivity contribution in [2.45, 2.75) is 66.7 Å². The average molecular weight is 347 g/mol. The van der Waals surface area contributed by atoms with Crippen LogP contribution >= 0.6 is 0 Å². The first-order chi connectivity index (χ1) is 11.9. The van der Waals surface area contributed by atoms with E-state index in [0.717, 1.165) is 37.4 Å². The minimum Gasteiger partial charge on any atom is -0.491 e. The molecule has 4 nitrogen and oxygen atoms in total. The fourth-order valence-electron chi connectivity index (χ4n) is 3.05. The standard InChI is InChI=1S/C21H34N2O2/c1-6-8-9-10-13-25-19-14-16-11-12-23(7-2)18(16)15-17(19)22-20(24)21(3,4)5/h14-15H,6-13H2,1-5H3,(H,22,24). The number of nitrogens with one attached hydrogen (secondary N) is 1. The van der Waals surface area contributed by atoms with Crippen molar-refractivity contribution in [2.75, 3.05) is 29.9 Å². The maximum atomic E-state index is 12.5. The predicted octanol–water partition coefficient (Wildman–Crippen LogP) is 5.01. The third-order valence-electron chi connectivity index (χ3n) is 4.74. The van der Waals surface area contributed by atoms with Gasteiger partial charge in [-0.25, -0.2) is 0 Å². The maximum absolute atomic E-state index is 12.5. The van der Waals surface area contributed by atoms with Gasteiger partial charge in [0, 0.05) is 24.2 Å². The number of nitrogens with zero attached hydrogens (tertiary/aromatic N) is 1. The van der Waals surface area contributed by atoms with Crippen LogP contribution < -0.4 is 15.0 Å². The van der Waals surface area contributed by atoms with Crippen molar-refractivity contribution in [1.29, 1.82) is 0 Å². The van der Waals surface area contributed by atoms with Crippen LogP contribution in [-0.4, -0.2) is 25.6 Å². The number of carbonyl (C=O) groups excluding carboxylic acids is 1. The quantitative estimate of drug-likeness (QED) is 0.673. The smallest absolute Gasteiger partial charge is 0.229 e. The zero-order chi connectivity index (χ0) is 18.4. The summed E-state index contributed by atoms with van der Waals surface area (Å²) in [6.07, 6.45) is 5.75. The Bertz CT molecular complexity index is 590. The number of benzene rings is 1. The number of likely N-dealkylation sites (N-methyl/N-ethyl adjacent to an activating group) is 1. The summed E-state index contributed by atoms with van der Waals surface area (Å²) in [7, 11) is 0. The minimum absolute atomic E-state index is 0.0179. The number of hydrogen-bond acceptors (Lipinski definition) is 3. The van der Waals surface area contributed by atoms with Crippen LogP contribution in [0.25, 0.3) is 0 Å². The normalized spacial score (nSPS) is 13.7. The molecule has 0 fully saturated rings. The second-order valence-corrected chi connectivity index (χ2v) is 7.92. The lowest BCUT2D eigenvalue weighted by Crippen LogP contribution is -2.28. The molecule has 4 heteroatoms. The van der Waals surface area contributed by atoms with Crippen molar-refractivity contribution < 1.29 is 9.53 Å². The van der Waals surface area contributed by atoms with Crippen LogP contribution in [-0.2, 0) is 11.2 Å². The Hall–Kier alpha value is -1.71. The van der Waals surface area contributed by atoms with Gasteiger partial charge in [-0.2, -0.15) is 0 Å². The third-order valence-corrected chi connectivity index (χ3v) is 4.74. The number of carbonyl (C=O) groups is 1. The first-order valence-corrected chi connectivity index (χ1v) is 9.73. The van der Waals surface area contributed by atoms with Crippen LogP contribution in [0.5, 0.6) is 5.75 Å². The highest BCUT2D eigenvalue weighted by molar-refractivity contribution is 5.96. The van der Waals surface area contributed by atoms with Crippen LogP contribution in [0.1, 0.15) is 65.9 Å². The Balaban J connectivity index is 2.19. The molecule has 25 heavy (non-hydrogen) atoms. The molecule has 0 aromatic heterocycles. The fourth-order valence-corrected chi connectivity index (χ4v) is 3.05. The number of unbranched alkanes of at least 4 members (excludes halogenated alkanes) is 3. The van der Waals surface area contributed by atoms with Gasteiger partial charge in [0.1, 0.15) is 5.75 Å². The summed E-state index contributed by atoms with van der Waals surface area (Å²) in [5, 5.41) is 3.09. The summed E-state index contributed by atoms with van der Waals surface area (Å²) < 4.78 is 6.06. The number of amides is 1. The Morgan fingerprint density at radius 3 is 2.60 bits per heavy atom. The molecule has 0 radical (unpaired) electrons. The van der Waals surface area contributed by atoms with Crippen LogP contribution in [0.15, 0.2) is 12.1 Å². The second-order valence-electron chi connectivity index (χ2n) is 7.92. The predicted molar refractivity (Wildman–Crippen MR) is 106 cm³/mol. The molecule has 1 aliphatic rings. The molecule has 0 saturated heterocycles. The zero-order valence-corrected chi connectivity index (χ0v) is 16.6. The molecule has 0 aliphatic carbocycles. The number of fused-ring (bicyclic) bond motifs is 1. The van der Waals surface area contributed by atoms with Gasteiger partial charge < -0.3 is 15.0 Å². The van der Waals surface area contributed by atoms with E-state index in [4.69, 9.17) is 4.74 Å². The molecule has 0 spiro atoms. The van der Waals surface area contributed by atoms with Crippen LogP contribution in [0.4, 0.5) is 11.4 Å². The summed E-state index contributed by atoms with van der Waals surface area (Å²) in [4.78, 5) is 14.8. The first-order valence-electron chi connectivity index (χ1n) is 9.73. The highest BCUT2D eigenvalue weighted by atomic mass is 16.5. The van der Waals surface area contributed by atoms with Gasteiger partial charge in [0.25, 0.3) is 0 Å². The van der Waals surface area contributed by atoms with Crippen LogP contribution in [0, 0.1) is 5.41 Å². The van der Waals surface area contributed by atoms with E-state index in [0.29, 0.717) is 6.61 Å². The fraction of sp³-hybridized carbons (Fsp3) is 0.667. The van der Waals surface area contributed by atoms with E-state index in [2.05, 4.69) is 36.2 Å². The molecule has 0 bridgehead atoms. The second kappa shape index (κ2) is 8.59. The molecule has 1 N–H and O–H groups in total. The van der Waals surface area contributed by atoms with Gasteiger partial charge in [0.2, 0.25) is 5.91 Å². The number of rotatable bonds is 8. The largest absolute Gasteiger partial charge is 0.491 e. The number of anilines is 2. The highest BCUT2D eigenvalue weighted by Gasteiger charge is 2.25. The Labute approximate surface area is 152 Å². The van der Waals surface area contributed by atoms with E-state index < -0.39 is 5.41 Å². The summed E-state index contributed by atoms with van der Waals surface area (Å²) in [6.45, 7) is 12.9. The first kappa shape index (κ1) is 19.6. The molecule has 1 heterocycles. The topological polar surface area (TPSA) is 41.6 Å². The van der Waals surface area contributed by atoms with Gasteiger partial charge in [0.05, 0.1) is 12.3 Å². The van der Waals surface area contributed by atoms with Crippen molar-refractivity contribution >= 4 is 17.3 Å². The molecule has 1 aliphatic heterocycles. The lowest BCUT2D eigenvalue weighted by atomic mass is 9.95. The van der Waals surface area contributed by atoms with Crippen molar-refractivity contribution in [3.8, 4) is 5.75 Å². The lowest BCUT2D eigenvalue weighted by molar-refractivity contribution is -0.123. The maximum Gasteiger partial charge on any atom is 0.229 e. The summed E-state index contributed by atoms with van der Waals surface area (Å²) in [6, 6.07) is 4.22. The van der Waals surface area contributed by atoms with Gasteiger partial charge >= 0.3 is 0 Å². The molecule has 1 amide bonds.